The highest BCUT2D eigenvalue weighted by atomic mass is 32.2. The van der Waals surface area contributed by atoms with Crippen molar-refractivity contribution in [3.63, 3.8) is 0 Å². The number of morpholine rings is 1. The fraction of sp³-hybridized carbons (Fsp3) is 0.483. The van der Waals surface area contributed by atoms with Gasteiger partial charge < -0.3 is 23.7 Å². The van der Waals surface area contributed by atoms with Crippen molar-refractivity contribution in [3.05, 3.63) is 58.0 Å². The number of aldehydes is 1. The normalized spacial score (nSPS) is 17.8. The zero-order chi connectivity index (χ0) is 30.4. The number of benzene rings is 1. The molecule has 10 nitrogen and oxygen atoms in total. The molecular weight excluding hydrogens is 583 g/mol. The Morgan fingerprint density at radius 2 is 1.98 bits per heavy atom. The highest BCUT2D eigenvalue weighted by Gasteiger charge is 2.28. The van der Waals surface area contributed by atoms with Crippen LogP contribution >= 0.6 is 23.5 Å². The van der Waals surface area contributed by atoms with Gasteiger partial charge in [-0.15, -0.1) is 11.8 Å². The standard InChI is InChI=1S/C29H35FN4O6S2/c1-5-6-11-39-26-25(28(38)42-22(17-35)12-20-7-8-21(30)13-23(20)41-4)31-29-32(9-10-34(29)27(26)37)16-24(36)33-14-18(2)40-19(3)15-33/h7-10,13,17-19,22H,5-6,11-12,14-16H2,1-4H3/t18-,19-,22?/m1/s1. The number of hydrogen-bond donors (Lipinski definition) is 0. The lowest BCUT2D eigenvalue weighted by molar-refractivity contribution is -0.143. The van der Waals surface area contributed by atoms with E-state index < -0.39 is 15.9 Å². The summed E-state index contributed by atoms with van der Waals surface area (Å²) in [5.41, 5.74) is -0.0628. The number of hydrogen-bond acceptors (Lipinski definition) is 9. The minimum absolute atomic E-state index is 0.0851. The first-order chi connectivity index (χ1) is 20.1. The second kappa shape index (κ2) is 14.3. The predicted molar refractivity (Wildman–Crippen MR) is 160 cm³/mol. The summed E-state index contributed by atoms with van der Waals surface area (Å²) in [6.07, 6.45) is 6.98. The SMILES string of the molecule is CCCCOc1c(C(=O)SC(C=O)Cc2ccc(F)cc2SC)nc2n(CC(=O)N3C[C@@H](C)O[C@H](C)C3)ccn2c1=O. The number of halogens is 1. The molecule has 1 aliphatic rings. The van der Waals surface area contributed by atoms with Gasteiger partial charge in [-0.2, -0.15) is 0 Å². The molecule has 1 fully saturated rings. The molecule has 1 saturated heterocycles. The van der Waals surface area contributed by atoms with Gasteiger partial charge >= 0.3 is 5.56 Å². The van der Waals surface area contributed by atoms with Gasteiger partial charge in [-0.3, -0.25) is 14.4 Å². The summed E-state index contributed by atoms with van der Waals surface area (Å²) < 4.78 is 28.0. The van der Waals surface area contributed by atoms with Crippen LogP contribution in [-0.4, -0.2) is 79.6 Å². The monoisotopic (exact) mass is 618 g/mol. The summed E-state index contributed by atoms with van der Waals surface area (Å²) in [5.74, 6) is -0.643. The van der Waals surface area contributed by atoms with Crippen molar-refractivity contribution in [3.8, 4) is 5.75 Å². The maximum Gasteiger partial charge on any atom is 0.302 e. The van der Waals surface area contributed by atoms with E-state index in [1.54, 1.807) is 23.4 Å². The molecule has 0 radical (unpaired) electrons. The Kier molecular flexibility index (Phi) is 10.8. The van der Waals surface area contributed by atoms with Crippen LogP contribution in [0.2, 0.25) is 0 Å². The van der Waals surface area contributed by atoms with Crippen molar-refractivity contribution in [1.29, 1.82) is 0 Å². The fourth-order valence-corrected chi connectivity index (χ4v) is 6.30. The zero-order valence-corrected chi connectivity index (χ0v) is 25.7. The molecule has 2 aromatic heterocycles. The number of carbonyl (C=O) groups is 3. The Balaban J connectivity index is 1.64. The Morgan fingerprint density at radius 1 is 1.24 bits per heavy atom. The number of nitrogens with zero attached hydrogens (tertiary/aromatic N) is 4. The van der Waals surface area contributed by atoms with Crippen molar-refractivity contribution < 1.29 is 28.2 Å². The molecule has 0 aliphatic carbocycles. The molecule has 1 aromatic carbocycles. The van der Waals surface area contributed by atoms with Gasteiger partial charge in [-0.25, -0.2) is 13.8 Å². The van der Waals surface area contributed by atoms with E-state index in [4.69, 9.17) is 9.47 Å². The number of amides is 1. The molecule has 13 heteroatoms. The summed E-state index contributed by atoms with van der Waals surface area (Å²) in [7, 11) is 0. The topological polar surface area (TPSA) is 112 Å². The first-order valence-electron chi connectivity index (χ1n) is 13.8. The van der Waals surface area contributed by atoms with E-state index in [1.165, 1.54) is 39.1 Å². The second-order valence-electron chi connectivity index (χ2n) is 10.2. The lowest BCUT2D eigenvalue weighted by Crippen LogP contribution is -2.49. The van der Waals surface area contributed by atoms with Gasteiger partial charge in [-0.1, -0.05) is 31.2 Å². The first-order valence-corrected chi connectivity index (χ1v) is 15.9. The number of ether oxygens (including phenoxy) is 2. The van der Waals surface area contributed by atoms with E-state index in [1.807, 2.05) is 20.8 Å². The lowest BCUT2D eigenvalue weighted by atomic mass is 10.1. The van der Waals surface area contributed by atoms with Gasteiger partial charge in [0.2, 0.25) is 22.5 Å². The number of rotatable bonds is 12. The van der Waals surface area contributed by atoms with Crippen LogP contribution in [0, 0.1) is 5.82 Å². The number of thioether (sulfide) groups is 2. The predicted octanol–water partition coefficient (Wildman–Crippen LogP) is 3.86. The summed E-state index contributed by atoms with van der Waals surface area (Å²) in [6, 6.07) is 4.30. The Hall–Kier alpha value is -3.16. The smallest absolute Gasteiger partial charge is 0.302 e. The van der Waals surface area contributed by atoms with Crippen LogP contribution in [0.3, 0.4) is 0 Å². The maximum absolute atomic E-state index is 13.7. The fourth-order valence-electron chi connectivity index (χ4n) is 4.81. The number of aromatic nitrogens is 3. The van der Waals surface area contributed by atoms with Crippen LogP contribution in [0.1, 0.15) is 49.7 Å². The zero-order valence-electron chi connectivity index (χ0n) is 24.1. The van der Waals surface area contributed by atoms with Crippen molar-refractivity contribution in [2.45, 2.75) is 68.9 Å². The summed E-state index contributed by atoms with van der Waals surface area (Å²) in [6.45, 7) is 6.80. The highest BCUT2D eigenvalue weighted by Crippen LogP contribution is 2.28. The molecule has 4 rings (SSSR count). The molecule has 0 saturated carbocycles. The summed E-state index contributed by atoms with van der Waals surface area (Å²) >= 11 is 2.08. The molecular formula is C29H35FN4O6S2. The average molecular weight is 619 g/mol. The third kappa shape index (κ3) is 7.42. The quantitative estimate of drug-likeness (QED) is 0.170. The van der Waals surface area contributed by atoms with Crippen molar-refractivity contribution in [2.75, 3.05) is 26.0 Å². The number of imidazole rings is 1. The third-order valence-corrected chi connectivity index (χ3v) is 8.61. The van der Waals surface area contributed by atoms with Crippen LogP contribution in [0.5, 0.6) is 5.75 Å². The molecule has 1 aliphatic heterocycles. The first kappa shape index (κ1) is 31.8. The van der Waals surface area contributed by atoms with E-state index in [-0.39, 0.29) is 60.7 Å². The van der Waals surface area contributed by atoms with Gasteiger partial charge in [0.25, 0.3) is 0 Å². The molecule has 42 heavy (non-hydrogen) atoms. The maximum atomic E-state index is 13.7. The van der Waals surface area contributed by atoms with E-state index in [2.05, 4.69) is 4.98 Å². The van der Waals surface area contributed by atoms with E-state index >= 15 is 0 Å². The van der Waals surface area contributed by atoms with Crippen LogP contribution < -0.4 is 10.3 Å². The minimum atomic E-state index is -0.809. The Bertz CT molecular complexity index is 1500. The molecule has 3 aromatic rings. The van der Waals surface area contributed by atoms with Gasteiger partial charge in [-0.05, 0) is 50.6 Å². The third-order valence-electron chi connectivity index (χ3n) is 6.80. The van der Waals surface area contributed by atoms with Gasteiger partial charge in [0, 0.05) is 30.4 Å². The van der Waals surface area contributed by atoms with E-state index in [0.717, 1.165) is 23.7 Å². The van der Waals surface area contributed by atoms with Crippen LogP contribution in [0.25, 0.3) is 5.78 Å². The largest absolute Gasteiger partial charge is 0.486 e. The lowest BCUT2D eigenvalue weighted by Gasteiger charge is -2.35. The molecule has 1 amide bonds. The second-order valence-corrected chi connectivity index (χ2v) is 12.2. The van der Waals surface area contributed by atoms with Crippen molar-refractivity contribution in [2.24, 2.45) is 0 Å². The molecule has 0 bridgehead atoms. The summed E-state index contributed by atoms with van der Waals surface area (Å²) in [5, 5.41) is -1.42. The van der Waals surface area contributed by atoms with E-state index in [0.29, 0.717) is 30.7 Å². The van der Waals surface area contributed by atoms with Gasteiger partial charge in [0.1, 0.15) is 18.6 Å². The van der Waals surface area contributed by atoms with Crippen molar-refractivity contribution in [1.82, 2.24) is 18.9 Å². The Labute approximate surface area is 251 Å². The highest BCUT2D eigenvalue weighted by molar-refractivity contribution is 8.15. The van der Waals surface area contributed by atoms with Crippen LogP contribution in [0.15, 0.2) is 40.3 Å². The number of carbonyl (C=O) groups excluding carboxylic acids is 3. The van der Waals surface area contributed by atoms with Crippen LogP contribution in [-0.2, 0) is 27.3 Å². The molecule has 3 heterocycles. The van der Waals surface area contributed by atoms with E-state index in [9.17, 15) is 23.6 Å². The molecule has 1 unspecified atom stereocenters. The van der Waals surface area contributed by atoms with Crippen molar-refractivity contribution >= 4 is 46.6 Å². The molecule has 3 atom stereocenters. The minimum Gasteiger partial charge on any atom is -0.486 e. The molecule has 226 valence electrons. The van der Waals surface area contributed by atoms with Crippen LogP contribution in [0.4, 0.5) is 4.39 Å². The van der Waals surface area contributed by atoms with Gasteiger partial charge in [0.15, 0.2) is 5.69 Å². The summed E-state index contributed by atoms with van der Waals surface area (Å²) in [4.78, 5) is 59.2. The molecule has 0 N–H and O–H groups in total. The van der Waals surface area contributed by atoms with Gasteiger partial charge in [0.05, 0.1) is 24.1 Å². The number of fused-ring (bicyclic) bond motifs is 1. The molecule has 0 spiro atoms. The average Bonchev–Trinajstić information content (AvgIpc) is 3.36. The number of unbranched alkanes of at least 4 members (excludes halogenated alkanes) is 1. The Morgan fingerprint density at radius 3 is 2.64 bits per heavy atom.